The highest BCUT2D eigenvalue weighted by Gasteiger charge is 2.46. The largest absolute Gasteiger partial charge is 0.497 e. The molecule has 1 N–H and O–H groups in total. The van der Waals surface area contributed by atoms with Gasteiger partial charge in [0.25, 0.3) is 0 Å². The Bertz CT molecular complexity index is 871. The molecule has 6 nitrogen and oxygen atoms in total. The molecule has 2 atom stereocenters. The van der Waals surface area contributed by atoms with E-state index in [0.717, 1.165) is 37.6 Å². The van der Waals surface area contributed by atoms with Crippen LogP contribution in [0.15, 0.2) is 41.1 Å². The van der Waals surface area contributed by atoms with Crippen molar-refractivity contribution in [2.45, 2.75) is 12.7 Å². The average molecular weight is 442 g/mol. The van der Waals surface area contributed by atoms with E-state index < -0.39 is 12.1 Å². The van der Waals surface area contributed by atoms with E-state index in [9.17, 15) is 18.0 Å². The number of ether oxygens (including phenoxy) is 1. The lowest BCUT2D eigenvalue weighted by Gasteiger charge is -2.21. The number of carboxylic acids is 1. The summed E-state index contributed by atoms with van der Waals surface area (Å²) in [6.45, 7) is 3.64. The van der Waals surface area contributed by atoms with Crippen molar-refractivity contribution >= 4 is 28.9 Å². The van der Waals surface area contributed by atoms with Crippen molar-refractivity contribution in [3.05, 3.63) is 46.7 Å². The monoisotopic (exact) mass is 442 g/mol. The molecule has 0 saturated carbocycles. The second-order valence-corrected chi connectivity index (χ2v) is 7.92. The predicted molar refractivity (Wildman–Crippen MR) is 106 cm³/mol. The summed E-state index contributed by atoms with van der Waals surface area (Å²) in [6.07, 6.45) is -5.08. The molecule has 10 heteroatoms. The fraction of sp³-hybridized carbons (Fsp3) is 0.400. The zero-order valence-electron chi connectivity index (χ0n) is 16.1. The predicted octanol–water partition coefficient (Wildman–Crippen LogP) is 3.48. The number of anilines is 1. The van der Waals surface area contributed by atoms with Crippen LogP contribution >= 0.6 is 11.3 Å². The molecule has 2 aliphatic rings. The molecule has 0 spiro atoms. The number of hydrogen-bond donors (Lipinski definition) is 1. The van der Waals surface area contributed by atoms with Crippen molar-refractivity contribution in [2.24, 2.45) is 11.8 Å². The highest BCUT2D eigenvalue weighted by molar-refractivity contribution is 7.08. The Morgan fingerprint density at radius 3 is 2.37 bits per heavy atom. The van der Waals surface area contributed by atoms with Gasteiger partial charge in [-0.05, 0) is 29.1 Å². The molecule has 2 aliphatic heterocycles. The van der Waals surface area contributed by atoms with E-state index in [-0.39, 0.29) is 5.92 Å². The fourth-order valence-electron chi connectivity index (χ4n) is 3.71. The second-order valence-electron chi connectivity index (χ2n) is 7.14. The van der Waals surface area contributed by atoms with Gasteiger partial charge in [0.15, 0.2) is 0 Å². The third-order valence-corrected chi connectivity index (χ3v) is 5.81. The highest BCUT2D eigenvalue weighted by Crippen LogP contribution is 2.36. The van der Waals surface area contributed by atoms with Crippen LogP contribution < -0.4 is 9.64 Å². The van der Waals surface area contributed by atoms with Gasteiger partial charge in [0, 0.05) is 37.5 Å². The van der Waals surface area contributed by atoms with Crippen molar-refractivity contribution in [1.29, 1.82) is 0 Å². The van der Waals surface area contributed by atoms with Crippen LogP contribution in [0.1, 0.15) is 5.56 Å². The molecular weight excluding hydrogens is 421 g/mol. The summed E-state index contributed by atoms with van der Waals surface area (Å²) in [7, 11) is 1.68. The highest BCUT2D eigenvalue weighted by atomic mass is 32.1. The molecule has 2 saturated heterocycles. The van der Waals surface area contributed by atoms with Crippen LogP contribution in [-0.2, 0) is 16.1 Å². The number of carboxylic acid groups (broad SMARTS) is 1. The number of rotatable bonds is 4. The molecule has 0 aliphatic carbocycles. The molecule has 4 rings (SSSR count). The molecule has 2 aromatic rings. The number of amides is 1. The van der Waals surface area contributed by atoms with Gasteiger partial charge in [0.1, 0.15) is 5.75 Å². The number of nitrogens with zero attached hydrogens (tertiary/aromatic N) is 2. The molecule has 30 heavy (non-hydrogen) atoms. The first-order chi connectivity index (χ1) is 14.2. The van der Waals surface area contributed by atoms with Gasteiger partial charge < -0.3 is 14.7 Å². The van der Waals surface area contributed by atoms with Gasteiger partial charge in [0.05, 0.1) is 18.7 Å². The lowest BCUT2D eigenvalue weighted by molar-refractivity contribution is -0.192. The number of fused-ring (bicyclic) bond motifs is 1. The van der Waals surface area contributed by atoms with Crippen LogP contribution in [0, 0.1) is 11.8 Å². The summed E-state index contributed by atoms with van der Waals surface area (Å²) < 4.78 is 36.9. The van der Waals surface area contributed by atoms with Gasteiger partial charge in [-0.25, -0.2) is 4.79 Å². The van der Waals surface area contributed by atoms with Gasteiger partial charge in [-0.15, -0.1) is 0 Å². The Morgan fingerprint density at radius 2 is 1.87 bits per heavy atom. The third kappa shape index (κ3) is 5.11. The van der Waals surface area contributed by atoms with E-state index in [0.29, 0.717) is 11.8 Å². The first-order valence-corrected chi connectivity index (χ1v) is 10.1. The minimum absolute atomic E-state index is 0.160. The van der Waals surface area contributed by atoms with Crippen molar-refractivity contribution in [2.75, 3.05) is 31.6 Å². The number of carbonyl (C=O) groups is 2. The zero-order chi connectivity index (χ0) is 21.9. The van der Waals surface area contributed by atoms with Gasteiger partial charge in [-0.2, -0.15) is 24.5 Å². The average Bonchev–Trinajstić information content (AvgIpc) is 3.41. The number of carbonyl (C=O) groups excluding carboxylic acids is 1. The summed E-state index contributed by atoms with van der Waals surface area (Å²) in [5.41, 5.74) is 2.34. The van der Waals surface area contributed by atoms with E-state index in [4.69, 9.17) is 14.6 Å². The molecular formula is C20H21F3N2O4S. The van der Waals surface area contributed by atoms with Crippen LogP contribution in [0.3, 0.4) is 0 Å². The van der Waals surface area contributed by atoms with Crippen molar-refractivity contribution in [1.82, 2.24) is 4.90 Å². The Kier molecular flexibility index (Phi) is 6.67. The number of halogens is 3. The maximum atomic E-state index is 12.7. The Morgan fingerprint density at radius 1 is 1.20 bits per heavy atom. The standard InChI is InChI=1S/C18H20N2O2S.C2HF3O2/c1-22-16-4-2-13(3-5-16)8-19-9-14-10-20(15-6-7-23-12-15)18(21)17(14)11-19;3-2(4,5)1(6)7/h2-7,12,14,17H,8-11H2,1H3;(H,6,7)/t14-,17-;/m0./s1. The zero-order valence-corrected chi connectivity index (χ0v) is 16.9. The lowest BCUT2D eigenvalue weighted by Crippen LogP contribution is -2.32. The van der Waals surface area contributed by atoms with Gasteiger partial charge in [0.2, 0.25) is 5.91 Å². The van der Waals surface area contributed by atoms with Crippen LogP contribution in [0.4, 0.5) is 18.9 Å². The first kappa shape index (κ1) is 22.1. The van der Waals surface area contributed by atoms with E-state index >= 15 is 0 Å². The maximum absolute atomic E-state index is 12.7. The van der Waals surface area contributed by atoms with Crippen LogP contribution in [-0.4, -0.2) is 54.8 Å². The van der Waals surface area contributed by atoms with E-state index in [1.54, 1.807) is 18.4 Å². The molecule has 1 amide bonds. The number of benzene rings is 1. The molecule has 0 bridgehead atoms. The molecule has 3 heterocycles. The molecule has 1 aromatic heterocycles. The normalized spacial score (nSPS) is 21.2. The maximum Gasteiger partial charge on any atom is 0.490 e. The number of alkyl halides is 3. The molecule has 2 fully saturated rings. The lowest BCUT2D eigenvalue weighted by atomic mass is 10.0. The van der Waals surface area contributed by atoms with Crippen molar-refractivity contribution in [3.63, 3.8) is 0 Å². The fourth-order valence-corrected chi connectivity index (χ4v) is 4.35. The van der Waals surface area contributed by atoms with Crippen LogP contribution in [0.25, 0.3) is 0 Å². The van der Waals surface area contributed by atoms with E-state index in [1.807, 2.05) is 28.5 Å². The molecule has 0 radical (unpaired) electrons. The van der Waals surface area contributed by atoms with Crippen LogP contribution in [0.5, 0.6) is 5.75 Å². The number of likely N-dealkylation sites (tertiary alicyclic amines) is 1. The Hall–Kier alpha value is -2.59. The van der Waals surface area contributed by atoms with Crippen LogP contribution in [0.2, 0.25) is 0 Å². The number of aliphatic carboxylic acids is 1. The van der Waals surface area contributed by atoms with Gasteiger partial charge in [-0.3, -0.25) is 9.69 Å². The number of methoxy groups -OCH3 is 1. The van der Waals surface area contributed by atoms with Gasteiger partial charge in [-0.1, -0.05) is 12.1 Å². The first-order valence-electron chi connectivity index (χ1n) is 9.18. The van der Waals surface area contributed by atoms with E-state index in [2.05, 4.69) is 22.4 Å². The number of thiophene rings is 1. The van der Waals surface area contributed by atoms with Crippen molar-refractivity contribution in [3.8, 4) is 5.75 Å². The smallest absolute Gasteiger partial charge is 0.490 e. The SMILES string of the molecule is COc1ccc(CN2C[C@H]3CN(c4ccsc4)C(=O)[C@H]3C2)cc1.O=C(O)C(F)(F)F. The summed E-state index contributed by atoms with van der Waals surface area (Å²) in [4.78, 5) is 25.9. The quantitative estimate of drug-likeness (QED) is 0.785. The Labute approximate surface area is 175 Å². The molecule has 162 valence electrons. The minimum Gasteiger partial charge on any atom is -0.497 e. The number of hydrogen-bond acceptors (Lipinski definition) is 5. The van der Waals surface area contributed by atoms with Gasteiger partial charge >= 0.3 is 12.1 Å². The third-order valence-electron chi connectivity index (χ3n) is 5.14. The summed E-state index contributed by atoms with van der Waals surface area (Å²) in [6, 6.07) is 10.2. The Balaban J connectivity index is 0.000000318. The summed E-state index contributed by atoms with van der Waals surface area (Å²) in [5, 5.41) is 11.2. The minimum atomic E-state index is -5.08. The molecule has 0 unspecified atom stereocenters. The second kappa shape index (κ2) is 9.05. The topological polar surface area (TPSA) is 70.1 Å². The van der Waals surface area contributed by atoms with E-state index in [1.165, 1.54) is 5.56 Å². The molecule has 1 aromatic carbocycles. The van der Waals surface area contributed by atoms with Crippen molar-refractivity contribution < 1.29 is 32.6 Å². The summed E-state index contributed by atoms with van der Waals surface area (Å²) >= 11 is 1.65. The summed E-state index contributed by atoms with van der Waals surface area (Å²) in [5.74, 6) is -0.958.